The van der Waals surface area contributed by atoms with Gasteiger partial charge in [-0.15, -0.1) is 0 Å². The number of rotatable bonds is 1. The Kier molecular flexibility index (Phi) is 4.23. The first-order valence-corrected chi connectivity index (χ1v) is 10.9. The van der Waals surface area contributed by atoms with Gasteiger partial charge in [-0.05, 0) is 57.6 Å². The lowest BCUT2D eigenvalue weighted by Gasteiger charge is -2.45. The Morgan fingerprint density at radius 2 is 1.31 bits per heavy atom. The molecule has 0 N–H and O–H groups in total. The fourth-order valence-corrected chi connectivity index (χ4v) is 5.96. The van der Waals surface area contributed by atoms with E-state index in [1.54, 1.807) is 5.56 Å². The second kappa shape index (κ2) is 6.03. The van der Waals surface area contributed by atoms with Gasteiger partial charge in [0, 0.05) is 5.39 Å². The van der Waals surface area contributed by atoms with E-state index in [0.29, 0.717) is 0 Å². The van der Waals surface area contributed by atoms with Gasteiger partial charge in [0.1, 0.15) is 23.5 Å². The summed E-state index contributed by atoms with van der Waals surface area (Å²) in [5.74, 6) is 0. The first kappa shape index (κ1) is 20.3. The lowest BCUT2D eigenvalue weighted by atomic mass is 9.58. The molecule has 1 aliphatic rings. The number of benzene rings is 2. The van der Waals surface area contributed by atoms with E-state index in [1.807, 2.05) is 0 Å². The van der Waals surface area contributed by atoms with Gasteiger partial charge in [0.25, 0.3) is 0 Å². The molecule has 1 aromatic heterocycles. The molecule has 0 unspecified atom stereocenters. The second-order valence-corrected chi connectivity index (χ2v) is 10.7. The summed E-state index contributed by atoms with van der Waals surface area (Å²) in [5, 5.41) is 1.24. The highest BCUT2D eigenvalue weighted by Crippen LogP contribution is 2.60. The number of aryl methyl sites for hydroxylation is 1. The van der Waals surface area contributed by atoms with Crippen molar-refractivity contribution in [1.29, 1.82) is 0 Å². The van der Waals surface area contributed by atoms with Crippen LogP contribution in [0.5, 0.6) is 0 Å². The van der Waals surface area contributed by atoms with E-state index in [4.69, 9.17) is 4.98 Å². The molecule has 146 valence electrons. The van der Waals surface area contributed by atoms with Crippen molar-refractivity contribution < 1.29 is 0 Å². The van der Waals surface area contributed by atoms with Crippen LogP contribution >= 0.6 is 0 Å². The highest BCUT2D eigenvalue weighted by Gasteiger charge is 2.58. The molecule has 0 atom stereocenters. The molecule has 1 nitrogen and oxygen atoms in total. The Hall–Kier alpha value is -1.96. The van der Waals surface area contributed by atoms with E-state index in [1.165, 1.54) is 38.5 Å². The predicted molar refractivity (Wildman–Crippen MR) is 136 cm³/mol. The van der Waals surface area contributed by atoms with Gasteiger partial charge in [-0.3, -0.25) is 0 Å². The Morgan fingerprint density at radius 1 is 0.724 bits per heavy atom. The minimum Gasteiger partial charge on any atom is -0.248 e. The zero-order chi connectivity index (χ0) is 21.5. The minimum atomic E-state index is 0.0938. The predicted octanol–water partition coefficient (Wildman–Crippen LogP) is 1.58. The average molecular weight is 379 g/mol. The fourth-order valence-electron chi connectivity index (χ4n) is 5.96. The van der Waals surface area contributed by atoms with Crippen molar-refractivity contribution in [2.45, 2.75) is 59.3 Å². The van der Waals surface area contributed by atoms with Gasteiger partial charge in [-0.2, -0.15) is 0 Å². The van der Waals surface area contributed by atoms with E-state index in [9.17, 15) is 0 Å². The van der Waals surface area contributed by atoms with Crippen LogP contribution in [0.2, 0.25) is 0 Å². The van der Waals surface area contributed by atoms with Crippen LogP contribution in [0, 0.1) is 12.3 Å². The van der Waals surface area contributed by atoms with E-state index in [0.717, 1.165) is 11.2 Å². The summed E-state index contributed by atoms with van der Waals surface area (Å²) in [6.45, 7) is 16.8. The monoisotopic (exact) mass is 379 g/mol. The Morgan fingerprint density at radius 3 is 1.93 bits per heavy atom. The normalized spacial score (nSPS) is 18.7. The summed E-state index contributed by atoms with van der Waals surface area (Å²) in [6, 6.07) is 10.9. The molecule has 1 heterocycles. The molecule has 3 aromatic rings. The summed E-state index contributed by atoms with van der Waals surface area (Å²) in [7, 11) is 6.93. The van der Waals surface area contributed by atoms with E-state index in [-0.39, 0.29) is 16.2 Å². The van der Waals surface area contributed by atoms with Crippen LogP contribution in [0.3, 0.4) is 0 Å². The molecule has 0 amide bonds. The fraction of sp³-hybridized carbons (Fsp3) is 0.400. The molecule has 0 spiro atoms. The summed E-state index contributed by atoms with van der Waals surface area (Å²) in [4.78, 5) is 5.12. The van der Waals surface area contributed by atoms with Crippen LogP contribution in [-0.4, -0.2) is 28.5 Å². The number of hydrogen-bond donors (Lipinski definition) is 0. The largest absolute Gasteiger partial charge is 0.248 e. The molecule has 0 aliphatic heterocycles. The van der Waals surface area contributed by atoms with Crippen molar-refractivity contribution in [3.05, 3.63) is 47.0 Å². The number of pyridine rings is 1. The molecule has 0 saturated carbocycles. The smallest absolute Gasteiger partial charge is 0.140 e. The standard InChI is InChI=1S/C25H32B3N/c1-13-9-8-10-15-14(13)11-12-16(29-15)17-20(26)18-19(22(28)21(17)27)24(4,5)25(6,7)23(18,2)3/h8-12H,26-28H2,1-7H3. The van der Waals surface area contributed by atoms with Crippen molar-refractivity contribution >= 4 is 50.8 Å². The molecular formula is C25H32B3N. The molecule has 0 fully saturated rings. The van der Waals surface area contributed by atoms with Crippen LogP contribution in [0.25, 0.3) is 22.2 Å². The van der Waals surface area contributed by atoms with Gasteiger partial charge in [-0.25, -0.2) is 4.98 Å². The molecule has 0 radical (unpaired) electrons. The molecule has 29 heavy (non-hydrogen) atoms. The molecule has 0 saturated heterocycles. The highest BCUT2D eigenvalue weighted by molar-refractivity contribution is 6.55. The number of fused-ring (bicyclic) bond motifs is 2. The van der Waals surface area contributed by atoms with E-state index >= 15 is 0 Å². The van der Waals surface area contributed by atoms with Crippen LogP contribution in [-0.2, 0) is 10.8 Å². The van der Waals surface area contributed by atoms with Gasteiger partial charge in [-0.1, -0.05) is 76.1 Å². The maximum absolute atomic E-state index is 5.12. The molecule has 0 bridgehead atoms. The summed E-state index contributed by atoms with van der Waals surface area (Å²) >= 11 is 0. The van der Waals surface area contributed by atoms with Gasteiger partial charge in [0.15, 0.2) is 0 Å². The summed E-state index contributed by atoms with van der Waals surface area (Å²) < 4.78 is 0. The van der Waals surface area contributed by atoms with Crippen molar-refractivity contribution in [2.24, 2.45) is 5.41 Å². The quantitative estimate of drug-likeness (QED) is 0.586. The maximum Gasteiger partial charge on any atom is 0.140 e. The highest BCUT2D eigenvalue weighted by atomic mass is 14.7. The Labute approximate surface area is 178 Å². The number of aromatic nitrogens is 1. The third kappa shape index (κ3) is 2.41. The first-order chi connectivity index (χ1) is 13.3. The topological polar surface area (TPSA) is 12.9 Å². The number of nitrogens with zero attached hydrogens (tertiary/aromatic N) is 1. The average Bonchev–Trinajstić information content (AvgIpc) is 2.74. The first-order valence-electron chi connectivity index (χ1n) is 10.9. The van der Waals surface area contributed by atoms with Crippen LogP contribution < -0.4 is 16.4 Å². The van der Waals surface area contributed by atoms with E-state index in [2.05, 4.69) is 102 Å². The summed E-state index contributed by atoms with van der Waals surface area (Å²) in [6.07, 6.45) is 0. The van der Waals surface area contributed by atoms with E-state index < -0.39 is 0 Å². The number of hydrogen-bond acceptors (Lipinski definition) is 1. The van der Waals surface area contributed by atoms with Crippen LogP contribution in [0.1, 0.15) is 58.2 Å². The Balaban J connectivity index is 2.09. The van der Waals surface area contributed by atoms with Crippen LogP contribution in [0.4, 0.5) is 0 Å². The van der Waals surface area contributed by atoms with Crippen LogP contribution in [0.15, 0.2) is 30.3 Å². The van der Waals surface area contributed by atoms with Gasteiger partial charge in [0.05, 0.1) is 11.2 Å². The molecule has 1 aliphatic carbocycles. The lowest BCUT2D eigenvalue weighted by Crippen LogP contribution is -2.44. The summed E-state index contributed by atoms with van der Waals surface area (Å²) in [5.41, 5.74) is 12.5. The van der Waals surface area contributed by atoms with Crippen molar-refractivity contribution in [1.82, 2.24) is 4.98 Å². The maximum atomic E-state index is 5.12. The zero-order valence-electron chi connectivity index (χ0n) is 19.8. The molecule has 2 aromatic carbocycles. The van der Waals surface area contributed by atoms with Gasteiger partial charge in [0.2, 0.25) is 0 Å². The van der Waals surface area contributed by atoms with Crippen molar-refractivity contribution in [3.8, 4) is 11.3 Å². The molecule has 4 rings (SSSR count). The third-order valence-electron chi connectivity index (χ3n) is 8.89. The van der Waals surface area contributed by atoms with Gasteiger partial charge >= 0.3 is 0 Å². The van der Waals surface area contributed by atoms with Gasteiger partial charge < -0.3 is 0 Å². The second-order valence-electron chi connectivity index (χ2n) is 10.7. The SMILES string of the molecule is Bc1c(B)c2c(c(B)c1-c1ccc3c(C)cccc3n1)C(C)(C)C(C)(C)C2(C)C. The third-order valence-corrected chi connectivity index (χ3v) is 8.89. The minimum absolute atomic E-state index is 0.0938. The Bertz CT molecular complexity index is 1170. The lowest BCUT2D eigenvalue weighted by molar-refractivity contribution is 0.125. The zero-order valence-corrected chi connectivity index (χ0v) is 19.8. The van der Waals surface area contributed by atoms with Crippen molar-refractivity contribution in [2.75, 3.05) is 0 Å². The van der Waals surface area contributed by atoms with Crippen molar-refractivity contribution in [3.63, 3.8) is 0 Å². The molecular weight excluding hydrogens is 347 g/mol. The molecule has 4 heteroatoms.